The van der Waals surface area contributed by atoms with Gasteiger partial charge < -0.3 is 9.13 Å². The predicted molar refractivity (Wildman–Crippen MR) is 291 cm³/mol. The molecule has 0 aliphatic heterocycles. The fourth-order valence-corrected chi connectivity index (χ4v) is 11.4. The van der Waals surface area contributed by atoms with Crippen LogP contribution in [0.2, 0.25) is 0 Å². The summed E-state index contributed by atoms with van der Waals surface area (Å²) in [7, 11) is 0. The number of nitrogens with zero attached hydrogens (tertiary/aromatic N) is 2. The summed E-state index contributed by atoms with van der Waals surface area (Å²) in [5, 5.41) is 23.2. The van der Waals surface area contributed by atoms with Crippen molar-refractivity contribution in [1.82, 2.24) is 9.13 Å². The van der Waals surface area contributed by atoms with Crippen molar-refractivity contribution in [3.05, 3.63) is 229 Å². The van der Waals surface area contributed by atoms with Gasteiger partial charge in [-0.05, 0) is 108 Å². The summed E-state index contributed by atoms with van der Waals surface area (Å²) in [6, 6.07) is 81.4. The first-order valence-electron chi connectivity index (χ1n) is 23.5. The minimum atomic E-state index is 0.878. The molecule has 0 N–H and O–H groups in total. The standard InChI is InChI=1S/C65H46N2/c1-3-19-58-44(4-2)45-20-5-6-21-46(45)47-22-7-10-25-50(47)53-28-13-16-31-59(53)66(58)62-40-36-42-35-39-57-63(41-37-43-34-38-56(62)64(42)65(43)57)67-60-32-17-14-29-54(60)51-26-11-8-23-48(51)49-24-9-12-27-52(49)55-30-15-18-33-61(55)67/h4-41H,3H2,1-2H3/b44-4-,58-19+. The maximum atomic E-state index is 2.56. The van der Waals surface area contributed by atoms with E-state index in [2.05, 4.69) is 254 Å². The maximum Gasteiger partial charge on any atom is 0.0541 e. The quantitative estimate of drug-likeness (QED) is 0.157. The first-order valence-corrected chi connectivity index (χ1v) is 23.5. The average Bonchev–Trinajstić information content (AvgIpc) is 3.46. The minimum absolute atomic E-state index is 0.878. The molecule has 13 aromatic rings. The first kappa shape index (κ1) is 39.0. The van der Waals surface area contributed by atoms with E-state index in [-0.39, 0.29) is 0 Å². The topological polar surface area (TPSA) is 9.86 Å². The summed E-state index contributed by atoms with van der Waals surface area (Å²) in [5.41, 5.74) is 5.75. The van der Waals surface area contributed by atoms with Crippen molar-refractivity contribution in [2.75, 3.05) is 0 Å². The summed E-state index contributed by atoms with van der Waals surface area (Å²) in [4.78, 5) is 0. The van der Waals surface area contributed by atoms with Crippen LogP contribution in [0.4, 0.5) is 0 Å². The zero-order valence-electron chi connectivity index (χ0n) is 37.5. The lowest BCUT2D eigenvalue weighted by molar-refractivity contribution is 1.05. The highest BCUT2D eigenvalue weighted by Gasteiger charge is 2.19. The summed E-state index contributed by atoms with van der Waals surface area (Å²) in [6.07, 6.45) is 5.61. The first-order chi connectivity index (χ1) is 33.2. The van der Waals surface area contributed by atoms with Crippen LogP contribution >= 0.6 is 0 Å². The minimum Gasteiger partial charge on any atom is -0.309 e. The number of aromatic nitrogens is 2. The van der Waals surface area contributed by atoms with Gasteiger partial charge in [0.15, 0.2) is 0 Å². The molecule has 67 heavy (non-hydrogen) atoms. The molecule has 0 radical (unpaired) electrons. The van der Waals surface area contributed by atoms with Gasteiger partial charge in [-0.15, -0.1) is 0 Å². The predicted octanol–water partition coefficient (Wildman–Crippen LogP) is 16.5. The van der Waals surface area contributed by atoms with Crippen molar-refractivity contribution in [2.24, 2.45) is 0 Å². The van der Waals surface area contributed by atoms with Crippen molar-refractivity contribution in [3.63, 3.8) is 0 Å². The van der Waals surface area contributed by atoms with Crippen LogP contribution in [0.5, 0.6) is 0 Å². The molecule has 0 unspecified atom stereocenters. The van der Waals surface area contributed by atoms with E-state index in [1.807, 2.05) is 0 Å². The zero-order chi connectivity index (χ0) is 44.6. The van der Waals surface area contributed by atoms with E-state index in [1.54, 1.807) is 0 Å². The van der Waals surface area contributed by atoms with E-state index < -0.39 is 0 Å². The Morgan fingerprint density at radius 3 is 1.03 bits per heavy atom. The van der Waals surface area contributed by atoms with E-state index in [4.69, 9.17) is 0 Å². The fourth-order valence-electron chi connectivity index (χ4n) is 11.4. The van der Waals surface area contributed by atoms with Gasteiger partial charge in [0, 0.05) is 37.5 Å². The van der Waals surface area contributed by atoms with Gasteiger partial charge in [0.1, 0.15) is 0 Å². The molecule has 0 atom stereocenters. The monoisotopic (exact) mass is 854 g/mol. The van der Waals surface area contributed by atoms with E-state index >= 15 is 0 Å². The van der Waals surface area contributed by atoms with Gasteiger partial charge in [0.05, 0.1) is 27.9 Å². The lowest BCUT2D eigenvalue weighted by Gasteiger charge is -2.20. The summed E-state index contributed by atoms with van der Waals surface area (Å²) in [5.74, 6) is 0. The molecule has 2 nitrogen and oxygen atoms in total. The molecule has 0 saturated heterocycles. The number of hydrogen-bond acceptors (Lipinski definition) is 0. The van der Waals surface area contributed by atoms with Gasteiger partial charge >= 0.3 is 0 Å². The fraction of sp³-hybridized carbons (Fsp3) is 0.0462. The van der Waals surface area contributed by atoms with Crippen LogP contribution < -0.4 is 10.6 Å². The van der Waals surface area contributed by atoms with Gasteiger partial charge in [-0.2, -0.15) is 0 Å². The Hall–Kier alpha value is -8.46. The van der Waals surface area contributed by atoms with Crippen LogP contribution in [-0.2, 0) is 0 Å². The molecule has 0 spiro atoms. The number of fused-ring (bicyclic) bond motifs is 12. The summed E-state index contributed by atoms with van der Waals surface area (Å²) >= 11 is 0. The van der Waals surface area contributed by atoms with Gasteiger partial charge in [0.25, 0.3) is 0 Å². The van der Waals surface area contributed by atoms with E-state index in [0.29, 0.717) is 0 Å². The van der Waals surface area contributed by atoms with Crippen molar-refractivity contribution in [1.29, 1.82) is 0 Å². The third-order valence-electron chi connectivity index (χ3n) is 14.2. The van der Waals surface area contributed by atoms with E-state index in [9.17, 15) is 0 Å². The summed E-state index contributed by atoms with van der Waals surface area (Å²) < 4.78 is 5.09. The smallest absolute Gasteiger partial charge is 0.0541 e. The van der Waals surface area contributed by atoms with Crippen molar-refractivity contribution >= 4 is 120 Å². The maximum absolute atomic E-state index is 2.56. The van der Waals surface area contributed by atoms with Crippen LogP contribution in [-0.4, -0.2) is 9.13 Å². The molecule has 2 aromatic heterocycles. The van der Waals surface area contributed by atoms with Crippen LogP contribution in [0.25, 0.3) is 132 Å². The van der Waals surface area contributed by atoms with E-state index in [1.165, 1.54) is 102 Å². The molecular weight excluding hydrogens is 809 g/mol. The van der Waals surface area contributed by atoms with Gasteiger partial charge in [-0.25, -0.2) is 0 Å². The SMILES string of the molecule is C/C=c1\c(=C/CC)n(-c2ccc3ccc4c(-n5c6ccccc6c6ccccc6c6ccccc6c6ccccc65)ccc5ccc2c3c54)c2ccccc2c2ccccc2c2ccccc12. The average molecular weight is 855 g/mol. The van der Waals surface area contributed by atoms with Gasteiger partial charge in [0.2, 0.25) is 0 Å². The second-order valence-corrected chi connectivity index (χ2v) is 17.7. The molecule has 316 valence electrons. The highest BCUT2D eigenvalue weighted by atomic mass is 15.0. The third-order valence-corrected chi connectivity index (χ3v) is 14.2. The molecule has 2 heterocycles. The lowest BCUT2D eigenvalue weighted by atomic mass is 9.92. The highest BCUT2D eigenvalue weighted by molar-refractivity contribution is 6.27. The molecule has 0 bridgehead atoms. The molecule has 0 saturated carbocycles. The van der Waals surface area contributed by atoms with Crippen LogP contribution in [0.15, 0.2) is 218 Å². The Bertz CT molecular complexity index is 4350. The van der Waals surface area contributed by atoms with Crippen molar-refractivity contribution in [3.8, 4) is 11.4 Å². The lowest BCUT2D eigenvalue weighted by Crippen LogP contribution is -2.33. The Morgan fingerprint density at radius 1 is 0.313 bits per heavy atom. The van der Waals surface area contributed by atoms with Crippen LogP contribution in [0.3, 0.4) is 0 Å². The van der Waals surface area contributed by atoms with Crippen LogP contribution in [0, 0.1) is 0 Å². The van der Waals surface area contributed by atoms with Crippen LogP contribution in [0.1, 0.15) is 20.3 Å². The molecule has 0 fully saturated rings. The highest BCUT2D eigenvalue weighted by Crippen LogP contribution is 2.42. The largest absolute Gasteiger partial charge is 0.309 e. The normalized spacial score (nSPS) is 12.6. The zero-order valence-corrected chi connectivity index (χ0v) is 37.5. The molecule has 0 aliphatic rings. The third kappa shape index (κ3) is 5.89. The molecule has 0 aliphatic carbocycles. The molecule has 11 aromatic carbocycles. The number of para-hydroxylation sites is 3. The summed E-state index contributed by atoms with van der Waals surface area (Å²) in [6.45, 7) is 4.44. The molecule has 0 amide bonds. The van der Waals surface area contributed by atoms with Gasteiger partial charge in [-0.1, -0.05) is 207 Å². The molecule has 13 rings (SSSR count). The van der Waals surface area contributed by atoms with E-state index in [0.717, 1.165) is 34.3 Å². The number of benzene rings is 11. The molecular formula is C65H46N2. The van der Waals surface area contributed by atoms with Gasteiger partial charge in [-0.3, -0.25) is 0 Å². The Balaban J connectivity index is 1.23. The Morgan fingerprint density at radius 2 is 0.627 bits per heavy atom. The second kappa shape index (κ2) is 15.6. The Labute approximate surface area is 388 Å². The van der Waals surface area contributed by atoms with Crippen molar-refractivity contribution in [2.45, 2.75) is 20.3 Å². The molecule has 2 heteroatoms. The van der Waals surface area contributed by atoms with Crippen molar-refractivity contribution < 1.29 is 0 Å². The second-order valence-electron chi connectivity index (χ2n) is 17.7. The Kier molecular flexibility index (Phi) is 9.08. The number of hydrogen-bond donors (Lipinski definition) is 0. The number of rotatable bonds is 3.